The summed E-state index contributed by atoms with van der Waals surface area (Å²) in [6.45, 7) is 18.6. The van der Waals surface area contributed by atoms with Crippen molar-refractivity contribution in [2.24, 2.45) is 0 Å². The van der Waals surface area contributed by atoms with E-state index in [0.29, 0.717) is 23.7 Å². The van der Waals surface area contributed by atoms with Crippen molar-refractivity contribution in [1.29, 1.82) is 0 Å². The maximum absolute atomic E-state index is 2.50. The van der Waals surface area contributed by atoms with Crippen LogP contribution in [0.1, 0.15) is 98.6 Å². The third-order valence-corrected chi connectivity index (χ3v) is 12.3. The van der Waals surface area contributed by atoms with Gasteiger partial charge in [0, 0.05) is 40.4 Å². The second kappa shape index (κ2) is 8.23. The summed E-state index contributed by atoms with van der Waals surface area (Å²) in [5.41, 5.74) is 0. The van der Waals surface area contributed by atoms with Crippen LogP contribution in [0, 0.1) is 39.0 Å². The average molecular weight is 497 g/mol. The van der Waals surface area contributed by atoms with E-state index in [1.807, 2.05) is 45.3 Å². The Labute approximate surface area is 206 Å². The molecule has 4 heteroatoms. The minimum atomic E-state index is 0.550. The lowest BCUT2D eigenvalue weighted by molar-refractivity contribution is 0.887. The molecule has 0 saturated carbocycles. The zero-order valence-electron chi connectivity index (χ0n) is 20.3. The van der Waals surface area contributed by atoms with Crippen molar-refractivity contribution in [2.45, 2.75) is 79.1 Å². The maximum Gasteiger partial charge on any atom is 0.0530 e. The van der Waals surface area contributed by atoms with Crippen molar-refractivity contribution in [2.75, 3.05) is 0 Å². The van der Waals surface area contributed by atoms with E-state index in [9.17, 15) is 0 Å². The first-order chi connectivity index (χ1) is 15.2. The Balaban J connectivity index is 2.23. The SMILES string of the molecule is CC(C)c1cc2/c(s1)=c1/sc(C(C)C)c/c1=c1\cc(C(C)C)s\c1=c1/sc(C(C)C)c/c1=2. The van der Waals surface area contributed by atoms with E-state index in [-0.39, 0.29) is 0 Å². The third kappa shape index (κ3) is 3.58. The van der Waals surface area contributed by atoms with Gasteiger partial charge < -0.3 is 0 Å². The van der Waals surface area contributed by atoms with E-state index in [1.54, 1.807) is 0 Å². The summed E-state index contributed by atoms with van der Waals surface area (Å²) in [5.74, 6) is 2.20. The molecular weight excluding hydrogens is 465 g/mol. The molecule has 0 aromatic carbocycles. The van der Waals surface area contributed by atoms with E-state index in [0.717, 1.165) is 0 Å². The zero-order chi connectivity index (χ0) is 22.9. The fourth-order valence-electron chi connectivity index (χ4n) is 4.25. The second-order valence-electron chi connectivity index (χ2n) is 10.2. The lowest BCUT2D eigenvalue weighted by Gasteiger charge is -1.96. The Kier molecular flexibility index (Phi) is 5.81. The van der Waals surface area contributed by atoms with Gasteiger partial charge in [-0.3, -0.25) is 0 Å². The van der Waals surface area contributed by atoms with Crippen LogP contribution in [0.25, 0.3) is 0 Å². The maximum atomic E-state index is 2.50. The summed E-state index contributed by atoms with van der Waals surface area (Å²) in [5, 5.41) is 5.83. The van der Waals surface area contributed by atoms with Crippen LogP contribution in [0.3, 0.4) is 0 Å². The molecule has 4 aromatic heterocycles. The Bertz CT molecular complexity index is 1280. The van der Waals surface area contributed by atoms with E-state index in [1.165, 1.54) is 58.5 Å². The van der Waals surface area contributed by atoms with Crippen molar-refractivity contribution in [3.63, 3.8) is 0 Å². The van der Waals surface area contributed by atoms with E-state index in [4.69, 9.17) is 0 Å². The summed E-state index contributed by atoms with van der Waals surface area (Å²) in [4.78, 5) is 5.99. The zero-order valence-corrected chi connectivity index (χ0v) is 23.5. The fraction of sp³-hybridized carbons (Fsp3) is 0.429. The fourth-order valence-corrected chi connectivity index (χ4v) is 9.27. The monoisotopic (exact) mass is 496 g/mol. The van der Waals surface area contributed by atoms with Gasteiger partial charge in [0.1, 0.15) is 0 Å². The lowest BCUT2D eigenvalue weighted by atomic mass is 10.1. The van der Waals surface area contributed by atoms with Gasteiger partial charge in [-0.15, -0.1) is 45.3 Å². The highest BCUT2D eigenvalue weighted by molar-refractivity contribution is 7.14. The van der Waals surface area contributed by atoms with Crippen LogP contribution in [0.5, 0.6) is 0 Å². The van der Waals surface area contributed by atoms with Crippen LogP contribution in [0.4, 0.5) is 0 Å². The minimum absolute atomic E-state index is 0.550. The first kappa shape index (κ1) is 22.6. The molecule has 1 aliphatic rings. The molecule has 168 valence electrons. The van der Waals surface area contributed by atoms with Crippen molar-refractivity contribution >= 4 is 45.3 Å². The normalized spacial score (nSPS) is 17.4. The quantitative estimate of drug-likeness (QED) is 0.232. The molecule has 0 nitrogen and oxygen atoms in total. The Morgan fingerprint density at radius 3 is 0.719 bits per heavy atom. The van der Waals surface area contributed by atoms with E-state index in [2.05, 4.69) is 79.7 Å². The largest absolute Gasteiger partial charge is 0.138 e. The van der Waals surface area contributed by atoms with Crippen LogP contribution in [0.15, 0.2) is 24.3 Å². The van der Waals surface area contributed by atoms with Gasteiger partial charge in [0.15, 0.2) is 0 Å². The van der Waals surface area contributed by atoms with Crippen LogP contribution >= 0.6 is 45.3 Å². The van der Waals surface area contributed by atoms with Gasteiger partial charge in [-0.2, -0.15) is 0 Å². The first-order valence-electron chi connectivity index (χ1n) is 11.7. The molecule has 0 aliphatic heterocycles. The standard InChI is InChI=1S/C28H32S4/c1-13(2)21-9-17-18-10-22(14(3)4)31-27(18)28-20(12-24(32-28)16(7)8)19-11-23(15(5)6)30-26(19)25(17)29-21/h9-16H,1-8H3/b18-17-,20-19-,26-25-,28-27-. The van der Waals surface area contributed by atoms with Crippen molar-refractivity contribution < 1.29 is 0 Å². The number of fused-ring (bicyclic) bond motifs is 4. The van der Waals surface area contributed by atoms with Crippen molar-refractivity contribution in [1.82, 2.24) is 0 Å². The van der Waals surface area contributed by atoms with Gasteiger partial charge in [0.25, 0.3) is 0 Å². The summed E-state index contributed by atoms with van der Waals surface area (Å²) in [7, 11) is 0. The Hall–Kier alpha value is -1.20. The molecule has 0 fully saturated rings. The molecule has 32 heavy (non-hydrogen) atoms. The van der Waals surface area contributed by atoms with Gasteiger partial charge in [-0.05, 0) is 47.9 Å². The molecule has 0 N–H and O–H groups in total. The average Bonchev–Trinajstić information content (AvgIpc) is 3.47. The summed E-state index contributed by atoms with van der Waals surface area (Å²) >= 11 is 8.08. The predicted molar refractivity (Wildman–Crippen MR) is 144 cm³/mol. The van der Waals surface area contributed by atoms with Gasteiger partial charge in [0.2, 0.25) is 0 Å². The molecule has 0 atom stereocenters. The van der Waals surface area contributed by atoms with Gasteiger partial charge in [-0.25, -0.2) is 0 Å². The molecule has 0 unspecified atom stereocenters. The summed E-state index contributed by atoms with van der Waals surface area (Å²) in [6.07, 6.45) is 0. The topological polar surface area (TPSA) is 0 Å². The van der Waals surface area contributed by atoms with Crippen LogP contribution in [-0.4, -0.2) is 0 Å². The number of rotatable bonds is 4. The molecule has 4 aromatic rings. The van der Waals surface area contributed by atoms with Gasteiger partial charge >= 0.3 is 0 Å². The molecule has 5 rings (SSSR count). The molecule has 0 amide bonds. The third-order valence-electron chi connectivity index (χ3n) is 6.27. The Morgan fingerprint density at radius 2 is 0.562 bits per heavy atom. The summed E-state index contributed by atoms with van der Waals surface area (Å²) in [6, 6.07) is 10.0. The van der Waals surface area contributed by atoms with Crippen molar-refractivity contribution in [3.05, 3.63) is 82.8 Å². The van der Waals surface area contributed by atoms with E-state index >= 15 is 0 Å². The second-order valence-corrected chi connectivity index (χ2v) is 14.5. The molecule has 0 spiro atoms. The van der Waals surface area contributed by atoms with Gasteiger partial charge in [0.05, 0.1) is 18.1 Å². The molecule has 0 radical (unpaired) electrons. The first-order valence-corrected chi connectivity index (χ1v) is 15.0. The minimum Gasteiger partial charge on any atom is -0.138 e. The molecule has 0 saturated heterocycles. The van der Waals surface area contributed by atoms with Crippen LogP contribution in [0.2, 0.25) is 0 Å². The Morgan fingerprint density at radius 1 is 0.375 bits per heavy atom. The van der Waals surface area contributed by atoms with E-state index < -0.39 is 0 Å². The molecular formula is C28H32S4. The highest BCUT2D eigenvalue weighted by Gasteiger charge is 2.15. The van der Waals surface area contributed by atoms with Crippen LogP contribution < -0.4 is 0 Å². The highest BCUT2D eigenvalue weighted by atomic mass is 32.1. The molecule has 0 bridgehead atoms. The van der Waals surface area contributed by atoms with Crippen molar-refractivity contribution in [3.8, 4) is 0 Å². The molecule has 4 heterocycles. The number of thiophene rings is 4. The number of hydrogen-bond acceptors (Lipinski definition) is 4. The summed E-state index contributed by atoms with van der Waals surface area (Å²) < 4.78 is 5.94. The number of hydrogen-bond donors (Lipinski definition) is 0. The predicted octanol–water partition coefficient (Wildman–Crippen LogP) is 9.89. The lowest BCUT2D eigenvalue weighted by Crippen LogP contribution is -1.79. The van der Waals surface area contributed by atoms with Gasteiger partial charge in [-0.1, -0.05) is 55.4 Å². The highest BCUT2D eigenvalue weighted by Crippen LogP contribution is 2.34. The molecule has 1 aliphatic carbocycles. The van der Waals surface area contributed by atoms with Crippen LogP contribution in [-0.2, 0) is 0 Å². The smallest absolute Gasteiger partial charge is 0.0530 e.